The monoisotopic (exact) mass is 512 g/mol. The zero-order valence-electron chi connectivity index (χ0n) is 21.4. The highest BCUT2D eigenvalue weighted by atomic mass is 19.1. The molecule has 3 aromatic heterocycles. The third kappa shape index (κ3) is 4.23. The van der Waals surface area contributed by atoms with Crippen molar-refractivity contribution in [1.29, 1.82) is 5.26 Å². The first kappa shape index (κ1) is 24.2. The molecule has 0 atom stereocenters. The Morgan fingerprint density at radius 3 is 2.79 bits per heavy atom. The van der Waals surface area contributed by atoms with Crippen molar-refractivity contribution in [2.75, 3.05) is 5.32 Å². The van der Waals surface area contributed by atoms with Gasteiger partial charge >= 0.3 is 0 Å². The number of aromatic nitrogens is 5. The summed E-state index contributed by atoms with van der Waals surface area (Å²) in [5.74, 6) is 0.280. The van der Waals surface area contributed by atoms with Gasteiger partial charge in [-0.25, -0.2) is 8.91 Å². The summed E-state index contributed by atoms with van der Waals surface area (Å²) in [7, 11) is 1.92. The van der Waals surface area contributed by atoms with Crippen LogP contribution in [0.25, 0.3) is 5.52 Å². The first-order chi connectivity index (χ1) is 18.3. The molecule has 0 saturated heterocycles. The molecule has 3 heterocycles. The molecule has 10 heteroatoms. The summed E-state index contributed by atoms with van der Waals surface area (Å²) in [6.45, 7) is 2.70. The Bertz CT molecular complexity index is 1570. The zero-order chi connectivity index (χ0) is 26.5. The van der Waals surface area contributed by atoms with Crippen molar-refractivity contribution in [3.05, 3.63) is 77.4 Å². The number of amides is 1. The molecule has 2 aliphatic carbocycles. The second-order valence-corrected chi connectivity index (χ2v) is 11.0. The lowest BCUT2D eigenvalue weighted by Crippen LogP contribution is -2.44. The SMILES string of the molecule is Cn1cnnc1C1(c2cccc(NC(=O)c3cc(CNC4(C)CC4)cc4c(F)cnn34)c2)CC(CC#N)C1. The minimum Gasteiger partial charge on any atom is -0.321 e. The lowest BCUT2D eigenvalue weighted by Gasteiger charge is -2.46. The summed E-state index contributed by atoms with van der Waals surface area (Å²) >= 11 is 0. The Kier molecular flexibility index (Phi) is 5.76. The fourth-order valence-electron chi connectivity index (χ4n) is 5.61. The number of fused-ring (bicyclic) bond motifs is 1. The molecule has 0 radical (unpaired) electrons. The van der Waals surface area contributed by atoms with Crippen LogP contribution in [0, 0.1) is 23.1 Å². The number of carbonyl (C=O) groups excluding carboxylic acids is 1. The number of aryl methyl sites for hydroxylation is 1. The van der Waals surface area contributed by atoms with Gasteiger partial charge < -0.3 is 15.2 Å². The van der Waals surface area contributed by atoms with Crippen molar-refractivity contribution in [1.82, 2.24) is 29.7 Å². The average Bonchev–Trinajstić information content (AvgIpc) is 3.28. The van der Waals surface area contributed by atoms with E-state index in [1.165, 1.54) is 4.52 Å². The molecule has 2 fully saturated rings. The predicted octanol–water partition coefficient (Wildman–Crippen LogP) is 4.11. The van der Waals surface area contributed by atoms with Crippen LogP contribution < -0.4 is 10.6 Å². The minimum absolute atomic E-state index is 0.111. The van der Waals surface area contributed by atoms with Gasteiger partial charge in [0.05, 0.1) is 17.7 Å². The number of nitrogens with zero attached hydrogens (tertiary/aromatic N) is 6. The molecule has 1 aromatic carbocycles. The Hall–Kier alpha value is -4.10. The number of benzene rings is 1. The second-order valence-electron chi connectivity index (χ2n) is 11.0. The van der Waals surface area contributed by atoms with Crippen molar-refractivity contribution in [3.8, 4) is 6.07 Å². The van der Waals surface area contributed by atoms with Gasteiger partial charge in [-0.05, 0) is 73.9 Å². The first-order valence-electron chi connectivity index (χ1n) is 12.8. The standard InChI is InChI=1S/C28H29FN8O/c1-27(7-8-27)31-15-19-10-23-22(29)16-33-37(23)24(11-19)25(38)34-21-5-3-4-20(12-21)28(13-18(14-28)6-9-30)26-35-32-17-36(26)2/h3-5,10-12,16-18,31H,6-8,13-15H2,1-2H3,(H,34,38). The molecular weight excluding hydrogens is 483 g/mol. The van der Waals surface area contributed by atoms with Crippen LogP contribution in [-0.4, -0.2) is 35.8 Å². The van der Waals surface area contributed by atoms with Crippen LogP contribution in [0.5, 0.6) is 0 Å². The molecule has 4 aromatic rings. The highest BCUT2D eigenvalue weighted by molar-refractivity contribution is 6.03. The van der Waals surface area contributed by atoms with Crippen LogP contribution in [0.4, 0.5) is 10.1 Å². The zero-order valence-corrected chi connectivity index (χ0v) is 21.4. The molecule has 194 valence electrons. The van der Waals surface area contributed by atoms with E-state index in [1.54, 1.807) is 18.5 Å². The molecule has 0 aliphatic heterocycles. The average molecular weight is 513 g/mol. The van der Waals surface area contributed by atoms with Gasteiger partial charge in [0.15, 0.2) is 5.82 Å². The van der Waals surface area contributed by atoms with Crippen molar-refractivity contribution in [2.24, 2.45) is 13.0 Å². The van der Waals surface area contributed by atoms with Gasteiger partial charge in [-0.15, -0.1) is 10.2 Å². The molecule has 6 rings (SSSR count). The van der Waals surface area contributed by atoms with E-state index in [1.807, 2.05) is 35.9 Å². The number of hydrogen-bond acceptors (Lipinski definition) is 6. The Morgan fingerprint density at radius 1 is 1.26 bits per heavy atom. The maximum absolute atomic E-state index is 14.5. The Labute approximate surface area is 219 Å². The largest absolute Gasteiger partial charge is 0.321 e. The topological polar surface area (TPSA) is 113 Å². The quantitative estimate of drug-likeness (QED) is 0.367. The van der Waals surface area contributed by atoms with Crippen molar-refractivity contribution >= 4 is 17.1 Å². The van der Waals surface area contributed by atoms with Gasteiger partial charge in [0, 0.05) is 31.2 Å². The summed E-state index contributed by atoms with van der Waals surface area (Å²) in [5.41, 5.74) is 2.71. The number of pyridine rings is 1. The van der Waals surface area contributed by atoms with Crippen molar-refractivity contribution < 1.29 is 9.18 Å². The fraction of sp³-hybridized carbons (Fsp3) is 0.393. The molecule has 2 aliphatic rings. The van der Waals surface area contributed by atoms with E-state index in [-0.39, 0.29) is 34.0 Å². The van der Waals surface area contributed by atoms with Crippen LogP contribution in [0.15, 0.2) is 48.9 Å². The van der Waals surface area contributed by atoms with Crippen LogP contribution >= 0.6 is 0 Å². The summed E-state index contributed by atoms with van der Waals surface area (Å²) in [5, 5.41) is 28.3. The molecule has 1 amide bonds. The Morgan fingerprint density at radius 2 is 2.08 bits per heavy atom. The number of hydrogen-bond donors (Lipinski definition) is 2. The maximum Gasteiger partial charge on any atom is 0.274 e. The number of nitrogens with one attached hydrogen (secondary N) is 2. The fourth-order valence-corrected chi connectivity index (χ4v) is 5.61. The normalized spacial score (nSPS) is 21.6. The summed E-state index contributed by atoms with van der Waals surface area (Å²) in [6.07, 6.45) is 7.08. The second kappa shape index (κ2) is 9.03. The van der Waals surface area contributed by atoms with Gasteiger partial charge in [-0.1, -0.05) is 12.1 Å². The molecule has 0 bridgehead atoms. The molecule has 9 nitrogen and oxygen atoms in total. The number of carbonyl (C=O) groups is 1. The number of anilines is 1. The van der Waals surface area contributed by atoms with Crippen LogP contribution in [0.1, 0.15) is 66.5 Å². The van der Waals surface area contributed by atoms with Crippen LogP contribution in [-0.2, 0) is 19.0 Å². The van der Waals surface area contributed by atoms with E-state index < -0.39 is 5.82 Å². The molecule has 0 spiro atoms. The van der Waals surface area contributed by atoms with E-state index >= 15 is 0 Å². The Balaban J connectivity index is 1.30. The number of halogens is 1. The molecule has 0 unspecified atom stereocenters. The number of rotatable bonds is 8. The molecule has 2 saturated carbocycles. The number of nitriles is 1. The van der Waals surface area contributed by atoms with Crippen LogP contribution in [0.2, 0.25) is 0 Å². The first-order valence-corrected chi connectivity index (χ1v) is 12.8. The third-order valence-corrected chi connectivity index (χ3v) is 8.05. The predicted molar refractivity (Wildman–Crippen MR) is 139 cm³/mol. The van der Waals surface area contributed by atoms with Gasteiger partial charge in [-0.3, -0.25) is 4.79 Å². The maximum atomic E-state index is 14.5. The van der Waals surface area contributed by atoms with Gasteiger partial charge in [0.25, 0.3) is 5.91 Å². The molecule has 2 N–H and O–H groups in total. The van der Waals surface area contributed by atoms with E-state index in [4.69, 9.17) is 0 Å². The highest BCUT2D eigenvalue weighted by Crippen LogP contribution is 2.53. The van der Waals surface area contributed by atoms with E-state index in [9.17, 15) is 14.4 Å². The van der Waals surface area contributed by atoms with Crippen molar-refractivity contribution in [3.63, 3.8) is 0 Å². The molecule has 38 heavy (non-hydrogen) atoms. The van der Waals surface area contributed by atoms with E-state index in [0.717, 1.165) is 48.8 Å². The highest BCUT2D eigenvalue weighted by Gasteiger charge is 2.49. The minimum atomic E-state index is -0.469. The summed E-state index contributed by atoms with van der Waals surface area (Å²) in [4.78, 5) is 13.5. The van der Waals surface area contributed by atoms with Gasteiger partial charge in [-0.2, -0.15) is 10.4 Å². The summed E-state index contributed by atoms with van der Waals surface area (Å²) < 4.78 is 17.8. The van der Waals surface area contributed by atoms with E-state index in [2.05, 4.69) is 38.9 Å². The smallest absolute Gasteiger partial charge is 0.274 e. The van der Waals surface area contributed by atoms with E-state index in [0.29, 0.717) is 18.7 Å². The van der Waals surface area contributed by atoms with Crippen LogP contribution in [0.3, 0.4) is 0 Å². The third-order valence-electron chi connectivity index (χ3n) is 8.05. The van der Waals surface area contributed by atoms with Crippen molar-refractivity contribution in [2.45, 2.75) is 56.5 Å². The van der Waals surface area contributed by atoms with Gasteiger partial charge in [0.1, 0.15) is 23.4 Å². The summed E-state index contributed by atoms with van der Waals surface area (Å²) in [6, 6.07) is 13.5. The molecular formula is C28H29FN8O. The van der Waals surface area contributed by atoms with Gasteiger partial charge in [0.2, 0.25) is 0 Å². The lowest BCUT2D eigenvalue weighted by molar-refractivity contribution is 0.101. The lowest BCUT2D eigenvalue weighted by atomic mass is 9.57.